The van der Waals surface area contributed by atoms with Crippen LogP contribution < -0.4 is 10.6 Å². The zero-order valence-electron chi connectivity index (χ0n) is 16.1. The first kappa shape index (κ1) is 25.0. The third-order valence-corrected chi connectivity index (χ3v) is 8.42. The zero-order chi connectivity index (χ0) is 18.8. The highest BCUT2D eigenvalue weighted by Crippen LogP contribution is 2.26. The van der Waals surface area contributed by atoms with Gasteiger partial charge in [0.05, 0.1) is 6.54 Å². The van der Waals surface area contributed by atoms with E-state index in [4.69, 9.17) is 0 Å². The van der Waals surface area contributed by atoms with Crippen molar-refractivity contribution in [2.24, 2.45) is 4.99 Å². The maximum absolute atomic E-state index is 12.7. The molecule has 10 heteroatoms. The number of hydrogen-bond acceptors (Lipinski definition) is 5. The molecule has 0 saturated carbocycles. The molecular weight excluding hydrogens is 515 g/mol. The Morgan fingerprint density at radius 1 is 1.22 bits per heavy atom. The summed E-state index contributed by atoms with van der Waals surface area (Å²) >= 11 is 3.21. The van der Waals surface area contributed by atoms with Crippen molar-refractivity contribution in [1.82, 2.24) is 14.9 Å². The molecule has 0 spiro atoms. The summed E-state index contributed by atoms with van der Waals surface area (Å²) < 4.78 is 27.5. The van der Waals surface area contributed by atoms with E-state index in [-0.39, 0.29) is 24.0 Å². The van der Waals surface area contributed by atoms with Gasteiger partial charge in [0.2, 0.25) is 0 Å². The molecule has 1 aromatic heterocycles. The molecule has 1 aromatic rings. The Hall–Kier alpha value is -0.0400. The third kappa shape index (κ3) is 8.08. The molecule has 0 amide bonds. The quantitative estimate of drug-likeness (QED) is 0.215. The highest BCUT2D eigenvalue weighted by Gasteiger charge is 2.27. The van der Waals surface area contributed by atoms with Gasteiger partial charge in [-0.1, -0.05) is 6.42 Å². The number of guanidine groups is 1. The van der Waals surface area contributed by atoms with Crippen LogP contribution >= 0.6 is 47.1 Å². The summed E-state index contributed by atoms with van der Waals surface area (Å²) in [7, 11) is -1.58. The molecule has 2 rings (SSSR count). The van der Waals surface area contributed by atoms with Gasteiger partial charge >= 0.3 is 0 Å². The second kappa shape index (κ2) is 13.2. The number of hydrogen-bond donors (Lipinski definition) is 2. The number of thiophene rings is 1. The molecule has 0 bridgehead atoms. The van der Waals surface area contributed by atoms with Crippen molar-refractivity contribution in [1.29, 1.82) is 0 Å². The third-order valence-electron chi connectivity index (χ3n) is 4.27. The Kier molecular flexibility index (Phi) is 12.3. The van der Waals surface area contributed by atoms with Gasteiger partial charge in [-0.25, -0.2) is 8.42 Å². The molecule has 2 N–H and O–H groups in total. The minimum Gasteiger partial charge on any atom is -0.356 e. The van der Waals surface area contributed by atoms with E-state index in [0.29, 0.717) is 23.8 Å². The van der Waals surface area contributed by atoms with Gasteiger partial charge < -0.3 is 10.6 Å². The van der Waals surface area contributed by atoms with E-state index < -0.39 is 10.0 Å². The van der Waals surface area contributed by atoms with E-state index >= 15 is 0 Å². The summed E-state index contributed by atoms with van der Waals surface area (Å²) in [4.78, 5) is 5.21. The summed E-state index contributed by atoms with van der Waals surface area (Å²) in [6, 6.07) is 3.62. The molecule has 0 radical (unpaired) electrons. The van der Waals surface area contributed by atoms with Gasteiger partial charge in [0.1, 0.15) is 4.21 Å². The zero-order valence-corrected chi connectivity index (χ0v) is 20.8. The van der Waals surface area contributed by atoms with Crippen LogP contribution in [-0.4, -0.2) is 57.4 Å². The Labute approximate surface area is 189 Å². The van der Waals surface area contributed by atoms with Gasteiger partial charge in [0.15, 0.2) is 5.96 Å². The normalized spacial score (nSPS) is 16.0. The fourth-order valence-corrected chi connectivity index (χ4v) is 6.25. The number of nitrogens with one attached hydrogen (secondary N) is 2. The Morgan fingerprint density at radius 3 is 2.63 bits per heavy atom. The maximum atomic E-state index is 12.7. The lowest BCUT2D eigenvalue weighted by Crippen LogP contribution is -2.37. The van der Waals surface area contributed by atoms with E-state index in [0.717, 1.165) is 43.1 Å². The molecule has 0 unspecified atom stereocenters. The second-order valence-corrected chi connectivity index (χ2v) is 10.6. The second-order valence-electron chi connectivity index (χ2n) is 6.24. The minimum absolute atomic E-state index is 0. The molecule has 0 atom stereocenters. The number of rotatable bonds is 9. The molecule has 0 aliphatic carbocycles. The van der Waals surface area contributed by atoms with Crippen LogP contribution in [0, 0.1) is 0 Å². The highest BCUT2D eigenvalue weighted by atomic mass is 127. The van der Waals surface area contributed by atoms with Crippen LogP contribution in [-0.2, 0) is 16.6 Å². The van der Waals surface area contributed by atoms with Crippen molar-refractivity contribution >= 4 is 63.1 Å². The van der Waals surface area contributed by atoms with E-state index in [1.54, 1.807) is 17.4 Å². The first-order valence-corrected chi connectivity index (χ1v) is 12.8. The van der Waals surface area contributed by atoms with Crippen molar-refractivity contribution < 1.29 is 8.42 Å². The molecule has 156 valence electrons. The van der Waals surface area contributed by atoms with Gasteiger partial charge in [-0.15, -0.1) is 35.3 Å². The molecule has 27 heavy (non-hydrogen) atoms. The lowest BCUT2D eigenvalue weighted by Gasteiger charge is -2.25. The largest absolute Gasteiger partial charge is 0.356 e. The first-order valence-electron chi connectivity index (χ1n) is 9.10. The summed E-state index contributed by atoms with van der Waals surface area (Å²) in [5, 5.41) is 6.55. The number of sulfonamides is 1. The van der Waals surface area contributed by atoms with E-state index in [9.17, 15) is 8.42 Å². The van der Waals surface area contributed by atoms with Crippen molar-refractivity contribution in [2.75, 3.05) is 38.7 Å². The Morgan fingerprint density at radius 2 is 1.96 bits per heavy atom. The number of nitrogens with zero attached hydrogens (tertiary/aromatic N) is 2. The lowest BCUT2D eigenvalue weighted by molar-refractivity contribution is 0.347. The van der Waals surface area contributed by atoms with E-state index in [1.807, 2.05) is 17.8 Å². The molecule has 6 nitrogen and oxygen atoms in total. The van der Waals surface area contributed by atoms with Gasteiger partial charge in [-0.3, -0.25) is 4.99 Å². The number of thioether (sulfide) groups is 1. The Bertz CT molecular complexity index is 673. The molecular formula is C17H31IN4O2S3. The summed E-state index contributed by atoms with van der Waals surface area (Å²) in [6.45, 7) is 2.74. The fourth-order valence-electron chi connectivity index (χ4n) is 2.79. The van der Waals surface area contributed by atoms with Crippen molar-refractivity contribution in [3.8, 4) is 0 Å². The van der Waals surface area contributed by atoms with Crippen LogP contribution in [0.5, 0.6) is 0 Å². The van der Waals surface area contributed by atoms with Crippen molar-refractivity contribution in [3.05, 3.63) is 17.0 Å². The van der Waals surface area contributed by atoms with Crippen LogP contribution in [0.3, 0.4) is 0 Å². The minimum atomic E-state index is -3.33. The fraction of sp³-hybridized carbons (Fsp3) is 0.706. The SMILES string of the molecule is CN=C(NCCCCSC)NCc1ccc(S(=O)(=O)N2CCCCC2)s1.I. The summed E-state index contributed by atoms with van der Waals surface area (Å²) in [5.41, 5.74) is 0. The average molecular weight is 547 g/mol. The van der Waals surface area contributed by atoms with Gasteiger partial charge in [-0.2, -0.15) is 16.1 Å². The topological polar surface area (TPSA) is 73.8 Å². The van der Waals surface area contributed by atoms with Crippen LogP contribution in [0.4, 0.5) is 0 Å². The number of unbranched alkanes of at least 4 members (excludes halogenated alkanes) is 1. The monoisotopic (exact) mass is 546 g/mol. The smallest absolute Gasteiger partial charge is 0.252 e. The van der Waals surface area contributed by atoms with Crippen molar-refractivity contribution in [2.45, 2.75) is 42.9 Å². The van der Waals surface area contributed by atoms with Gasteiger partial charge in [-0.05, 0) is 49.8 Å². The highest BCUT2D eigenvalue weighted by molar-refractivity contribution is 14.0. The van der Waals surface area contributed by atoms with Crippen LogP contribution in [0.2, 0.25) is 0 Å². The van der Waals surface area contributed by atoms with Crippen LogP contribution in [0.25, 0.3) is 0 Å². The van der Waals surface area contributed by atoms with Gasteiger partial charge in [0, 0.05) is 31.6 Å². The molecule has 1 aliphatic heterocycles. The average Bonchev–Trinajstić information content (AvgIpc) is 3.14. The molecule has 2 heterocycles. The summed E-state index contributed by atoms with van der Waals surface area (Å²) in [5.74, 6) is 1.93. The standard InChI is InChI=1S/C17H30N4O2S3.HI/c1-18-17(19-10-4-7-13-24-2)20-14-15-8-9-16(25-15)26(22,23)21-11-5-3-6-12-21;/h8-9H,3-7,10-14H2,1-2H3,(H2,18,19,20);1H. The van der Waals surface area contributed by atoms with Crippen LogP contribution in [0.15, 0.2) is 21.3 Å². The Balaban J connectivity index is 0.00000364. The first-order chi connectivity index (χ1) is 12.6. The molecule has 0 aromatic carbocycles. The molecule has 1 saturated heterocycles. The number of piperidine rings is 1. The van der Waals surface area contributed by atoms with E-state index in [2.05, 4.69) is 21.9 Å². The van der Waals surface area contributed by atoms with Crippen LogP contribution in [0.1, 0.15) is 37.0 Å². The molecule has 1 aliphatic rings. The maximum Gasteiger partial charge on any atom is 0.252 e. The van der Waals surface area contributed by atoms with E-state index in [1.165, 1.54) is 23.5 Å². The number of aliphatic imine (C=N–C) groups is 1. The lowest BCUT2D eigenvalue weighted by atomic mass is 10.2. The summed E-state index contributed by atoms with van der Waals surface area (Å²) in [6.07, 6.45) is 7.45. The van der Waals surface area contributed by atoms with Gasteiger partial charge in [0.25, 0.3) is 10.0 Å². The predicted molar refractivity (Wildman–Crippen MR) is 128 cm³/mol. The van der Waals surface area contributed by atoms with Crippen molar-refractivity contribution in [3.63, 3.8) is 0 Å². The predicted octanol–water partition coefficient (Wildman–Crippen LogP) is 3.35. The number of halogens is 1. The molecule has 1 fully saturated rings.